The molecule has 3 heteroatoms. The lowest BCUT2D eigenvalue weighted by Gasteiger charge is -2.36. The molecule has 1 aliphatic rings. The van der Waals surface area contributed by atoms with Crippen molar-refractivity contribution in [2.45, 2.75) is 26.7 Å². The number of hydrogen-bond donors (Lipinski definition) is 0. The van der Waals surface area contributed by atoms with Crippen molar-refractivity contribution in [1.82, 2.24) is 0 Å². The van der Waals surface area contributed by atoms with Crippen LogP contribution >= 0.6 is 0 Å². The van der Waals surface area contributed by atoms with E-state index in [1.54, 1.807) is 18.0 Å². The van der Waals surface area contributed by atoms with Gasteiger partial charge in [-0.05, 0) is 24.0 Å². The summed E-state index contributed by atoms with van der Waals surface area (Å²) < 4.78 is 5.10. The van der Waals surface area contributed by atoms with Gasteiger partial charge in [0.05, 0.1) is 12.3 Å². The number of carbonyl (C=O) groups excluding carboxylic acids is 1. The molecule has 0 fully saturated rings. The zero-order valence-electron chi connectivity index (χ0n) is 12.3. The highest BCUT2D eigenvalue weighted by Crippen LogP contribution is 2.44. The summed E-state index contributed by atoms with van der Waals surface area (Å²) >= 11 is 0. The Morgan fingerprint density at radius 1 is 1.45 bits per heavy atom. The van der Waals surface area contributed by atoms with Crippen molar-refractivity contribution in [2.24, 2.45) is 5.41 Å². The van der Waals surface area contributed by atoms with Crippen LogP contribution in [0, 0.1) is 5.41 Å². The second-order valence-corrected chi connectivity index (χ2v) is 5.47. The fourth-order valence-electron chi connectivity index (χ4n) is 2.45. The van der Waals surface area contributed by atoms with Crippen LogP contribution in [0.4, 0.5) is 10.5 Å². The maximum Gasteiger partial charge on any atom is 0.418 e. The Hall–Kier alpha value is -2.03. The van der Waals surface area contributed by atoms with Crippen molar-refractivity contribution < 1.29 is 9.53 Å². The summed E-state index contributed by atoms with van der Waals surface area (Å²) in [5, 5.41) is 0. The molecule has 0 N–H and O–H groups in total. The molecule has 3 nitrogen and oxygen atoms in total. The molecule has 1 unspecified atom stereocenters. The summed E-state index contributed by atoms with van der Waals surface area (Å²) in [4.78, 5) is 13.6. The van der Waals surface area contributed by atoms with E-state index in [4.69, 9.17) is 4.74 Å². The first-order valence-corrected chi connectivity index (χ1v) is 6.88. The van der Waals surface area contributed by atoms with E-state index in [-0.39, 0.29) is 17.4 Å². The topological polar surface area (TPSA) is 29.5 Å². The van der Waals surface area contributed by atoms with Gasteiger partial charge in [0.1, 0.15) is 0 Å². The predicted molar refractivity (Wildman–Crippen MR) is 81.8 cm³/mol. The zero-order chi connectivity index (χ0) is 14.8. The van der Waals surface area contributed by atoms with Gasteiger partial charge in [0.15, 0.2) is 0 Å². The van der Waals surface area contributed by atoms with Crippen LogP contribution in [0.15, 0.2) is 49.2 Å². The van der Waals surface area contributed by atoms with Crippen LogP contribution < -0.4 is 4.90 Å². The Kier molecular flexibility index (Phi) is 3.98. The molecule has 1 amide bonds. The average molecular weight is 271 g/mol. The Morgan fingerprint density at radius 2 is 2.15 bits per heavy atom. The third-order valence-corrected chi connectivity index (χ3v) is 3.75. The molecule has 0 aliphatic carbocycles. The number of benzene rings is 1. The van der Waals surface area contributed by atoms with E-state index in [0.29, 0.717) is 6.61 Å². The fourth-order valence-corrected chi connectivity index (χ4v) is 2.45. The van der Waals surface area contributed by atoms with Gasteiger partial charge in [-0.15, -0.1) is 6.58 Å². The van der Waals surface area contributed by atoms with Crippen LogP contribution in [0.1, 0.15) is 32.3 Å². The molecular weight excluding hydrogens is 250 g/mol. The standard InChI is InChI=1S/C17H21NO2/c1-5-17(3,4)14-11-12-18(16(19)20-6-2)15-10-8-7-9-13(14)15/h5,7-12,14H,1,6H2,2-4H3. The smallest absolute Gasteiger partial charge is 0.418 e. The number of ether oxygens (including phenoxy) is 1. The number of fused-ring (bicyclic) bond motifs is 1. The van der Waals surface area contributed by atoms with Crippen molar-refractivity contribution in [3.63, 3.8) is 0 Å². The molecule has 0 saturated heterocycles. The van der Waals surface area contributed by atoms with Crippen LogP contribution in [-0.4, -0.2) is 12.7 Å². The summed E-state index contributed by atoms with van der Waals surface area (Å²) in [6.45, 7) is 10.4. The Labute approximate surface area is 120 Å². The first-order valence-electron chi connectivity index (χ1n) is 6.88. The van der Waals surface area contributed by atoms with Crippen LogP contribution in [0.25, 0.3) is 0 Å². The molecule has 1 aliphatic heterocycles. The number of nitrogens with zero attached hydrogens (tertiary/aromatic N) is 1. The normalized spacial score (nSPS) is 17.6. The van der Waals surface area contributed by atoms with Crippen molar-refractivity contribution in [3.8, 4) is 0 Å². The maximum absolute atomic E-state index is 12.0. The molecule has 0 saturated carbocycles. The minimum absolute atomic E-state index is 0.0760. The van der Waals surface area contributed by atoms with Gasteiger partial charge in [-0.25, -0.2) is 4.79 Å². The number of allylic oxidation sites excluding steroid dienone is 2. The van der Waals surface area contributed by atoms with E-state index in [1.165, 1.54) is 0 Å². The third-order valence-electron chi connectivity index (χ3n) is 3.75. The lowest BCUT2D eigenvalue weighted by atomic mass is 9.73. The Morgan fingerprint density at radius 3 is 2.80 bits per heavy atom. The van der Waals surface area contributed by atoms with Crippen LogP contribution in [0.3, 0.4) is 0 Å². The average Bonchev–Trinajstić information content (AvgIpc) is 2.46. The van der Waals surface area contributed by atoms with Gasteiger partial charge < -0.3 is 4.74 Å². The van der Waals surface area contributed by atoms with Gasteiger partial charge in [0, 0.05) is 12.1 Å². The lowest BCUT2D eigenvalue weighted by Crippen LogP contribution is -2.32. The Balaban J connectivity index is 2.45. The number of carbonyl (C=O) groups is 1. The lowest BCUT2D eigenvalue weighted by molar-refractivity contribution is 0.162. The summed E-state index contributed by atoms with van der Waals surface area (Å²) in [5.74, 6) is 0.196. The van der Waals surface area contributed by atoms with Gasteiger partial charge in [-0.3, -0.25) is 4.90 Å². The first-order chi connectivity index (χ1) is 9.51. The van der Waals surface area contributed by atoms with Gasteiger partial charge in [-0.1, -0.05) is 44.2 Å². The highest BCUT2D eigenvalue weighted by atomic mass is 16.6. The molecule has 1 aromatic carbocycles. The molecule has 0 bridgehead atoms. The van der Waals surface area contributed by atoms with Gasteiger partial charge in [0.25, 0.3) is 0 Å². The summed E-state index contributed by atoms with van der Waals surface area (Å²) in [6.07, 6.45) is 5.46. The molecule has 20 heavy (non-hydrogen) atoms. The molecule has 106 valence electrons. The van der Waals surface area contributed by atoms with E-state index >= 15 is 0 Å². The van der Waals surface area contributed by atoms with Gasteiger partial charge in [-0.2, -0.15) is 0 Å². The maximum atomic E-state index is 12.0. The number of hydrogen-bond acceptors (Lipinski definition) is 2. The minimum atomic E-state index is -0.342. The molecule has 2 rings (SSSR count). The predicted octanol–water partition coefficient (Wildman–Crippen LogP) is 4.47. The SMILES string of the molecule is C=CC(C)(C)C1C=CN(C(=O)OCC)c2ccccc21. The molecule has 1 aromatic rings. The van der Waals surface area contributed by atoms with E-state index < -0.39 is 0 Å². The van der Waals surface area contributed by atoms with Crippen molar-refractivity contribution in [2.75, 3.05) is 11.5 Å². The second kappa shape index (κ2) is 5.53. The van der Waals surface area contributed by atoms with Gasteiger partial charge in [0.2, 0.25) is 0 Å². The number of rotatable bonds is 3. The van der Waals surface area contributed by atoms with Crippen LogP contribution in [0.5, 0.6) is 0 Å². The molecule has 0 spiro atoms. The molecule has 1 heterocycles. The minimum Gasteiger partial charge on any atom is -0.449 e. The molecule has 0 radical (unpaired) electrons. The summed E-state index contributed by atoms with van der Waals surface area (Å²) in [7, 11) is 0. The van der Waals surface area contributed by atoms with Crippen molar-refractivity contribution in [1.29, 1.82) is 0 Å². The summed E-state index contributed by atoms with van der Waals surface area (Å²) in [6, 6.07) is 7.93. The van der Waals surface area contributed by atoms with E-state index in [2.05, 4.69) is 26.5 Å². The van der Waals surface area contributed by atoms with Crippen molar-refractivity contribution >= 4 is 11.8 Å². The van der Waals surface area contributed by atoms with Crippen LogP contribution in [0.2, 0.25) is 0 Å². The van der Waals surface area contributed by atoms with Gasteiger partial charge >= 0.3 is 6.09 Å². The number of amides is 1. The van der Waals surface area contributed by atoms with E-state index in [0.717, 1.165) is 11.3 Å². The van der Waals surface area contributed by atoms with Crippen molar-refractivity contribution in [3.05, 3.63) is 54.8 Å². The highest BCUT2D eigenvalue weighted by molar-refractivity contribution is 5.91. The third kappa shape index (κ3) is 2.48. The second-order valence-electron chi connectivity index (χ2n) is 5.47. The van der Waals surface area contributed by atoms with E-state index in [9.17, 15) is 4.79 Å². The molecular formula is C17H21NO2. The van der Waals surface area contributed by atoms with E-state index in [1.807, 2.05) is 30.4 Å². The zero-order valence-corrected chi connectivity index (χ0v) is 12.3. The largest absolute Gasteiger partial charge is 0.449 e. The summed E-state index contributed by atoms with van der Waals surface area (Å²) in [5.41, 5.74) is 1.93. The quantitative estimate of drug-likeness (QED) is 0.759. The fraction of sp³-hybridized carbons (Fsp3) is 0.353. The molecule has 1 atom stereocenters. The number of anilines is 1. The number of para-hydroxylation sites is 1. The van der Waals surface area contributed by atoms with Crippen LogP contribution in [-0.2, 0) is 4.74 Å². The molecule has 0 aromatic heterocycles. The Bertz CT molecular complexity index is 546. The highest BCUT2D eigenvalue weighted by Gasteiger charge is 2.33. The first kappa shape index (κ1) is 14.4. The monoisotopic (exact) mass is 271 g/mol.